The van der Waals surface area contributed by atoms with Gasteiger partial charge >= 0.3 is 0 Å². The van der Waals surface area contributed by atoms with Gasteiger partial charge in [0.25, 0.3) is 0 Å². The number of amides is 1. The van der Waals surface area contributed by atoms with Crippen molar-refractivity contribution >= 4 is 5.91 Å². The molecule has 1 atom stereocenters. The predicted octanol–water partition coefficient (Wildman–Crippen LogP) is 2.15. The molecule has 0 saturated carbocycles. The van der Waals surface area contributed by atoms with Gasteiger partial charge in [-0.15, -0.1) is 0 Å². The fourth-order valence-electron chi connectivity index (χ4n) is 2.15. The molecule has 0 spiro atoms. The highest BCUT2D eigenvalue weighted by Crippen LogP contribution is 2.18. The smallest absolute Gasteiger partial charge is 0.220 e. The monoisotopic (exact) mass is 279 g/mol. The SMILES string of the molecule is COc1ccccc1CCC(=O)NC(CCO)C(C)C. The maximum Gasteiger partial charge on any atom is 0.220 e. The van der Waals surface area contributed by atoms with Crippen molar-refractivity contribution in [2.24, 2.45) is 5.92 Å². The molecule has 1 unspecified atom stereocenters. The molecule has 0 aliphatic carbocycles. The van der Waals surface area contributed by atoms with Crippen molar-refractivity contribution in [2.75, 3.05) is 13.7 Å². The molecule has 1 rings (SSSR count). The second-order valence-electron chi connectivity index (χ2n) is 5.24. The molecule has 4 heteroatoms. The zero-order valence-corrected chi connectivity index (χ0v) is 12.6. The number of methoxy groups -OCH3 is 1. The van der Waals surface area contributed by atoms with Crippen molar-refractivity contribution in [3.05, 3.63) is 29.8 Å². The van der Waals surface area contributed by atoms with Crippen LogP contribution in [0.3, 0.4) is 0 Å². The molecule has 0 aromatic heterocycles. The van der Waals surface area contributed by atoms with Crippen molar-refractivity contribution in [1.82, 2.24) is 5.32 Å². The van der Waals surface area contributed by atoms with Gasteiger partial charge in [0.05, 0.1) is 7.11 Å². The van der Waals surface area contributed by atoms with E-state index in [-0.39, 0.29) is 18.6 Å². The van der Waals surface area contributed by atoms with Crippen LogP contribution in [0.4, 0.5) is 0 Å². The van der Waals surface area contributed by atoms with Gasteiger partial charge in [-0.3, -0.25) is 4.79 Å². The number of rotatable bonds is 8. The Morgan fingerprint density at radius 1 is 1.35 bits per heavy atom. The number of ether oxygens (including phenoxy) is 1. The van der Waals surface area contributed by atoms with E-state index in [1.54, 1.807) is 7.11 Å². The molecule has 0 heterocycles. The second-order valence-corrected chi connectivity index (χ2v) is 5.24. The molecule has 0 aliphatic heterocycles. The normalized spacial score (nSPS) is 12.2. The lowest BCUT2D eigenvalue weighted by molar-refractivity contribution is -0.122. The third kappa shape index (κ3) is 5.21. The van der Waals surface area contributed by atoms with Crippen LogP contribution in [0, 0.1) is 5.92 Å². The Balaban J connectivity index is 2.50. The number of carbonyl (C=O) groups excluding carboxylic acids is 1. The quantitative estimate of drug-likeness (QED) is 0.766. The van der Waals surface area contributed by atoms with E-state index in [1.807, 2.05) is 38.1 Å². The van der Waals surface area contributed by atoms with Gasteiger partial charge < -0.3 is 15.2 Å². The van der Waals surface area contributed by atoms with Crippen LogP contribution in [0.25, 0.3) is 0 Å². The zero-order chi connectivity index (χ0) is 15.0. The van der Waals surface area contributed by atoms with Gasteiger partial charge in [-0.1, -0.05) is 32.0 Å². The molecule has 1 amide bonds. The van der Waals surface area contributed by atoms with E-state index in [1.165, 1.54) is 0 Å². The van der Waals surface area contributed by atoms with Crippen LogP contribution in [0.15, 0.2) is 24.3 Å². The second kappa shape index (κ2) is 8.59. The van der Waals surface area contributed by atoms with E-state index in [9.17, 15) is 4.79 Å². The summed E-state index contributed by atoms with van der Waals surface area (Å²) in [4.78, 5) is 12.0. The summed E-state index contributed by atoms with van der Waals surface area (Å²) >= 11 is 0. The van der Waals surface area contributed by atoms with E-state index < -0.39 is 0 Å². The topological polar surface area (TPSA) is 58.6 Å². The molecular weight excluding hydrogens is 254 g/mol. The van der Waals surface area contributed by atoms with Gasteiger partial charge in [-0.2, -0.15) is 0 Å². The van der Waals surface area contributed by atoms with E-state index in [0.29, 0.717) is 25.2 Å². The van der Waals surface area contributed by atoms with Crippen LogP contribution in [0.2, 0.25) is 0 Å². The van der Waals surface area contributed by atoms with Crippen molar-refractivity contribution in [3.63, 3.8) is 0 Å². The van der Waals surface area contributed by atoms with Crippen molar-refractivity contribution in [2.45, 2.75) is 39.2 Å². The van der Waals surface area contributed by atoms with Gasteiger partial charge in [0.1, 0.15) is 5.75 Å². The van der Waals surface area contributed by atoms with Crippen LogP contribution < -0.4 is 10.1 Å². The number of nitrogens with one attached hydrogen (secondary N) is 1. The van der Waals surface area contributed by atoms with E-state index in [2.05, 4.69) is 5.32 Å². The first-order valence-electron chi connectivity index (χ1n) is 7.10. The molecule has 0 bridgehead atoms. The lowest BCUT2D eigenvalue weighted by Gasteiger charge is -2.21. The molecule has 4 nitrogen and oxygen atoms in total. The first kappa shape index (κ1) is 16.5. The lowest BCUT2D eigenvalue weighted by atomic mass is 10.0. The summed E-state index contributed by atoms with van der Waals surface area (Å²) < 4.78 is 5.27. The molecule has 0 fully saturated rings. The van der Waals surface area contributed by atoms with Gasteiger partial charge in [0, 0.05) is 19.1 Å². The predicted molar refractivity (Wildman–Crippen MR) is 79.8 cm³/mol. The van der Waals surface area contributed by atoms with Crippen LogP contribution >= 0.6 is 0 Å². The van der Waals surface area contributed by atoms with E-state index >= 15 is 0 Å². The van der Waals surface area contributed by atoms with Crippen LogP contribution in [0.5, 0.6) is 5.75 Å². The van der Waals surface area contributed by atoms with Crippen LogP contribution in [0.1, 0.15) is 32.3 Å². The Labute approximate surface area is 121 Å². The average Bonchev–Trinajstić information content (AvgIpc) is 2.44. The Morgan fingerprint density at radius 3 is 2.65 bits per heavy atom. The van der Waals surface area contributed by atoms with Gasteiger partial charge in [-0.05, 0) is 30.4 Å². The van der Waals surface area contributed by atoms with Crippen molar-refractivity contribution in [3.8, 4) is 5.75 Å². The zero-order valence-electron chi connectivity index (χ0n) is 12.6. The van der Waals surface area contributed by atoms with Crippen molar-refractivity contribution < 1.29 is 14.6 Å². The number of para-hydroxylation sites is 1. The number of aliphatic hydroxyl groups is 1. The Bertz CT molecular complexity index is 418. The fraction of sp³-hybridized carbons (Fsp3) is 0.562. The van der Waals surface area contributed by atoms with Gasteiger partial charge in [0.15, 0.2) is 0 Å². The van der Waals surface area contributed by atoms with Crippen LogP contribution in [-0.2, 0) is 11.2 Å². The van der Waals surface area contributed by atoms with Crippen LogP contribution in [-0.4, -0.2) is 30.8 Å². The minimum absolute atomic E-state index is 0.0167. The summed E-state index contributed by atoms with van der Waals surface area (Å²) in [5.74, 6) is 1.15. The van der Waals surface area contributed by atoms with E-state index in [0.717, 1.165) is 11.3 Å². The lowest BCUT2D eigenvalue weighted by Crippen LogP contribution is -2.39. The standard InChI is InChI=1S/C16H25NO3/c1-12(2)14(10-11-18)17-16(19)9-8-13-6-4-5-7-15(13)20-3/h4-7,12,14,18H,8-11H2,1-3H3,(H,17,19). The number of hydrogen-bond donors (Lipinski definition) is 2. The molecule has 20 heavy (non-hydrogen) atoms. The summed E-state index contributed by atoms with van der Waals surface area (Å²) in [6.07, 6.45) is 1.67. The summed E-state index contributed by atoms with van der Waals surface area (Å²) in [6, 6.07) is 7.76. The third-order valence-corrected chi connectivity index (χ3v) is 3.41. The molecule has 112 valence electrons. The number of carbonyl (C=O) groups is 1. The molecule has 2 N–H and O–H groups in total. The number of aliphatic hydroxyl groups excluding tert-OH is 1. The molecular formula is C16H25NO3. The molecule has 0 saturated heterocycles. The molecule has 1 aromatic rings. The van der Waals surface area contributed by atoms with Gasteiger partial charge in [-0.25, -0.2) is 0 Å². The number of benzene rings is 1. The minimum atomic E-state index is 0.0167. The summed E-state index contributed by atoms with van der Waals surface area (Å²) in [5.41, 5.74) is 1.04. The number of hydrogen-bond acceptors (Lipinski definition) is 3. The summed E-state index contributed by atoms with van der Waals surface area (Å²) in [5, 5.41) is 12.0. The van der Waals surface area contributed by atoms with E-state index in [4.69, 9.17) is 9.84 Å². The first-order chi connectivity index (χ1) is 9.58. The highest BCUT2D eigenvalue weighted by molar-refractivity contribution is 5.76. The minimum Gasteiger partial charge on any atom is -0.496 e. The Morgan fingerprint density at radius 2 is 2.05 bits per heavy atom. The maximum absolute atomic E-state index is 12.0. The third-order valence-electron chi connectivity index (χ3n) is 3.41. The maximum atomic E-state index is 12.0. The Hall–Kier alpha value is -1.55. The average molecular weight is 279 g/mol. The molecule has 0 radical (unpaired) electrons. The highest BCUT2D eigenvalue weighted by Gasteiger charge is 2.15. The number of aryl methyl sites for hydroxylation is 1. The largest absolute Gasteiger partial charge is 0.496 e. The van der Waals surface area contributed by atoms with Gasteiger partial charge in [0.2, 0.25) is 5.91 Å². The Kier molecular flexibility index (Phi) is 7.09. The van der Waals surface area contributed by atoms with Crippen molar-refractivity contribution in [1.29, 1.82) is 0 Å². The summed E-state index contributed by atoms with van der Waals surface area (Å²) in [7, 11) is 1.63. The molecule has 0 aliphatic rings. The summed E-state index contributed by atoms with van der Waals surface area (Å²) in [6.45, 7) is 4.18. The fourth-order valence-corrected chi connectivity index (χ4v) is 2.15. The first-order valence-corrected chi connectivity index (χ1v) is 7.10. The highest BCUT2D eigenvalue weighted by atomic mass is 16.5. The molecule has 1 aromatic carbocycles.